The zero-order valence-corrected chi connectivity index (χ0v) is 8.17. The quantitative estimate of drug-likeness (QED) is 0.661. The summed E-state index contributed by atoms with van der Waals surface area (Å²) in [4.78, 5) is 2.20. The average molecular weight is 163 g/mol. The minimum absolute atomic E-state index is 1.05. The van der Waals surface area contributed by atoms with Crippen molar-refractivity contribution in [1.29, 1.82) is 0 Å². The van der Waals surface area contributed by atoms with E-state index in [1.165, 1.54) is 11.1 Å². The highest BCUT2D eigenvalue weighted by Gasteiger charge is 1.99. The van der Waals surface area contributed by atoms with Crippen LogP contribution < -0.4 is 0 Å². The molecule has 0 aliphatic rings. The van der Waals surface area contributed by atoms with Gasteiger partial charge in [0.15, 0.2) is 0 Å². The maximum absolute atomic E-state index is 2.21. The van der Waals surface area contributed by atoms with Crippen LogP contribution in [0.3, 0.4) is 0 Å². The predicted molar refractivity (Wildman–Crippen MR) is 53.2 cm³/mol. The highest BCUT2D eigenvalue weighted by atomic mass is 15.0. The van der Waals surface area contributed by atoms with Gasteiger partial charge >= 0.3 is 0 Å². The lowest BCUT2D eigenvalue weighted by Gasteiger charge is -2.12. The Balaban J connectivity index is 2.82. The summed E-state index contributed by atoms with van der Waals surface area (Å²) in [5.41, 5.74) is 2.91. The van der Waals surface area contributed by atoms with Crippen LogP contribution in [0.1, 0.15) is 18.1 Å². The first kappa shape index (κ1) is 9.27. The van der Waals surface area contributed by atoms with Gasteiger partial charge in [-0.05, 0) is 31.6 Å². The molecule has 0 amide bonds. The van der Waals surface area contributed by atoms with Crippen molar-refractivity contribution in [2.75, 3.05) is 14.1 Å². The Kier molecular flexibility index (Phi) is 3.30. The first-order chi connectivity index (χ1) is 5.74. The van der Waals surface area contributed by atoms with E-state index in [0.29, 0.717) is 0 Å². The van der Waals surface area contributed by atoms with Crippen molar-refractivity contribution in [3.05, 3.63) is 35.4 Å². The number of benzene rings is 1. The fraction of sp³-hybridized carbons (Fsp3) is 0.455. The van der Waals surface area contributed by atoms with Gasteiger partial charge in [-0.25, -0.2) is 0 Å². The van der Waals surface area contributed by atoms with Gasteiger partial charge in [0.25, 0.3) is 0 Å². The molecule has 0 saturated heterocycles. The molecule has 1 nitrogen and oxygen atoms in total. The van der Waals surface area contributed by atoms with Crippen LogP contribution in [0.2, 0.25) is 0 Å². The largest absolute Gasteiger partial charge is 0.305 e. The molecule has 0 radical (unpaired) electrons. The van der Waals surface area contributed by atoms with Gasteiger partial charge in [0.2, 0.25) is 0 Å². The summed E-state index contributed by atoms with van der Waals surface area (Å²) < 4.78 is 0. The summed E-state index contributed by atoms with van der Waals surface area (Å²) in [7, 11) is 4.21. The lowest BCUT2D eigenvalue weighted by molar-refractivity contribution is 0.401. The molecule has 0 unspecified atom stereocenters. The van der Waals surface area contributed by atoms with E-state index in [9.17, 15) is 0 Å². The molecule has 1 rings (SSSR count). The lowest BCUT2D eigenvalue weighted by atomic mass is 10.1. The highest BCUT2D eigenvalue weighted by molar-refractivity contribution is 5.26. The predicted octanol–water partition coefficient (Wildman–Crippen LogP) is 2.31. The van der Waals surface area contributed by atoms with Gasteiger partial charge < -0.3 is 4.90 Å². The number of aryl methyl sites for hydroxylation is 1. The van der Waals surface area contributed by atoms with E-state index < -0.39 is 0 Å². The van der Waals surface area contributed by atoms with Gasteiger partial charge in [-0.1, -0.05) is 31.2 Å². The monoisotopic (exact) mass is 163 g/mol. The lowest BCUT2D eigenvalue weighted by Crippen LogP contribution is -2.11. The standard InChI is InChI=1S/C11H17N/c1-4-10-7-5-6-8-11(10)9-12(2)3/h5-8H,4,9H2,1-3H3. The Morgan fingerprint density at radius 1 is 1.08 bits per heavy atom. The van der Waals surface area contributed by atoms with Gasteiger partial charge in [-0.2, -0.15) is 0 Å². The van der Waals surface area contributed by atoms with Crippen molar-refractivity contribution in [1.82, 2.24) is 4.90 Å². The zero-order chi connectivity index (χ0) is 8.97. The molecule has 0 saturated carbocycles. The maximum Gasteiger partial charge on any atom is 0.0230 e. The summed E-state index contributed by atoms with van der Waals surface area (Å²) in [6, 6.07) is 8.63. The highest BCUT2D eigenvalue weighted by Crippen LogP contribution is 2.10. The molecular formula is C11H17N. The zero-order valence-electron chi connectivity index (χ0n) is 8.17. The Morgan fingerprint density at radius 3 is 2.17 bits per heavy atom. The van der Waals surface area contributed by atoms with Crippen LogP contribution in [0.25, 0.3) is 0 Å². The summed E-state index contributed by atoms with van der Waals surface area (Å²) in [6.07, 6.45) is 1.13. The molecule has 0 bridgehead atoms. The Morgan fingerprint density at radius 2 is 1.67 bits per heavy atom. The van der Waals surface area contributed by atoms with Crippen molar-refractivity contribution in [3.8, 4) is 0 Å². The molecule has 1 aromatic carbocycles. The first-order valence-electron chi connectivity index (χ1n) is 4.45. The van der Waals surface area contributed by atoms with E-state index in [2.05, 4.69) is 50.2 Å². The van der Waals surface area contributed by atoms with Gasteiger partial charge in [0, 0.05) is 6.54 Å². The normalized spacial score (nSPS) is 10.7. The molecule has 66 valence electrons. The molecule has 0 fully saturated rings. The Hall–Kier alpha value is -0.820. The van der Waals surface area contributed by atoms with E-state index >= 15 is 0 Å². The molecule has 0 aromatic heterocycles. The van der Waals surface area contributed by atoms with E-state index in [1.807, 2.05) is 0 Å². The fourth-order valence-corrected chi connectivity index (χ4v) is 1.40. The third-order valence-corrected chi connectivity index (χ3v) is 1.99. The number of nitrogens with zero attached hydrogens (tertiary/aromatic N) is 1. The van der Waals surface area contributed by atoms with Crippen LogP contribution >= 0.6 is 0 Å². The molecule has 0 aliphatic heterocycles. The fourth-order valence-electron chi connectivity index (χ4n) is 1.40. The van der Waals surface area contributed by atoms with Crippen LogP contribution in [0, 0.1) is 0 Å². The summed E-state index contributed by atoms with van der Waals surface area (Å²) in [6.45, 7) is 3.25. The van der Waals surface area contributed by atoms with Crippen LogP contribution in [0.5, 0.6) is 0 Å². The van der Waals surface area contributed by atoms with Crippen molar-refractivity contribution in [2.45, 2.75) is 19.9 Å². The molecule has 1 heteroatoms. The summed E-state index contributed by atoms with van der Waals surface area (Å²) >= 11 is 0. The second kappa shape index (κ2) is 4.27. The van der Waals surface area contributed by atoms with Crippen molar-refractivity contribution >= 4 is 0 Å². The minimum atomic E-state index is 1.05. The average Bonchev–Trinajstić information content (AvgIpc) is 2.04. The maximum atomic E-state index is 2.21. The Bertz CT molecular complexity index is 241. The molecule has 0 heterocycles. The molecule has 0 N–H and O–H groups in total. The van der Waals surface area contributed by atoms with E-state index in [4.69, 9.17) is 0 Å². The first-order valence-corrected chi connectivity index (χ1v) is 4.45. The summed E-state index contributed by atoms with van der Waals surface area (Å²) in [5, 5.41) is 0. The second-order valence-electron chi connectivity index (χ2n) is 3.36. The van der Waals surface area contributed by atoms with Gasteiger partial charge in [-0.3, -0.25) is 0 Å². The minimum Gasteiger partial charge on any atom is -0.305 e. The van der Waals surface area contributed by atoms with Gasteiger partial charge in [0.1, 0.15) is 0 Å². The van der Waals surface area contributed by atoms with E-state index in [0.717, 1.165) is 13.0 Å². The van der Waals surface area contributed by atoms with E-state index in [1.54, 1.807) is 0 Å². The van der Waals surface area contributed by atoms with Crippen molar-refractivity contribution in [2.24, 2.45) is 0 Å². The van der Waals surface area contributed by atoms with Gasteiger partial charge in [0.05, 0.1) is 0 Å². The molecule has 0 spiro atoms. The molecule has 1 aromatic rings. The SMILES string of the molecule is CCc1ccccc1CN(C)C. The van der Waals surface area contributed by atoms with Crippen LogP contribution in [-0.2, 0) is 13.0 Å². The molecular weight excluding hydrogens is 146 g/mol. The number of rotatable bonds is 3. The third kappa shape index (κ3) is 2.35. The van der Waals surface area contributed by atoms with Crippen molar-refractivity contribution in [3.63, 3.8) is 0 Å². The van der Waals surface area contributed by atoms with Gasteiger partial charge in [-0.15, -0.1) is 0 Å². The second-order valence-corrected chi connectivity index (χ2v) is 3.36. The Labute approximate surface area is 75.0 Å². The van der Waals surface area contributed by atoms with E-state index in [-0.39, 0.29) is 0 Å². The van der Waals surface area contributed by atoms with Crippen LogP contribution in [-0.4, -0.2) is 19.0 Å². The molecule has 0 aliphatic carbocycles. The number of hydrogen-bond acceptors (Lipinski definition) is 1. The topological polar surface area (TPSA) is 3.24 Å². The number of hydrogen-bond donors (Lipinski definition) is 0. The van der Waals surface area contributed by atoms with Crippen LogP contribution in [0.4, 0.5) is 0 Å². The van der Waals surface area contributed by atoms with Crippen LogP contribution in [0.15, 0.2) is 24.3 Å². The molecule has 12 heavy (non-hydrogen) atoms. The third-order valence-electron chi connectivity index (χ3n) is 1.99. The molecule has 0 atom stereocenters. The van der Waals surface area contributed by atoms with Crippen molar-refractivity contribution < 1.29 is 0 Å². The summed E-state index contributed by atoms with van der Waals surface area (Å²) in [5.74, 6) is 0. The smallest absolute Gasteiger partial charge is 0.0230 e.